The van der Waals surface area contributed by atoms with Crippen molar-refractivity contribution in [2.75, 3.05) is 37.9 Å². The van der Waals surface area contributed by atoms with E-state index in [1.54, 1.807) is 12.4 Å². The van der Waals surface area contributed by atoms with Gasteiger partial charge in [0.25, 0.3) is 0 Å². The molecule has 1 aromatic heterocycles. The van der Waals surface area contributed by atoms with Crippen LogP contribution in [0.15, 0.2) is 42.7 Å². The molecular formula is C22H27N3O3. The first-order valence-corrected chi connectivity index (χ1v) is 10.2. The number of fused-ring (bicyclic) bond motifs is 1. The normalized spacial score (nSPS) is 22.4. The molecule has 0 amide bonds. The van der Waals surface area contributed by atoms with Gasteiger partial charge in [-0.05, 0) is 43.9 Å². The van der Waals surface area contributed by atoms with Crippen LogP contribution < -0.4 is 14.4 Å². The van der Waals surface area contributed by atoms with Crippen LogP contribution in [0.25, 0.3) is 0 Å². The number of hydrogen-bond donors (Lipinski definition) is 1. The van der Waals surface area contributed by atoms with Crippen LogP contribution in [0.4, 0.5) is 5.69 Å². The number of anilines is 1. The van der Waals surface area contributed by atoms with E-state index >= 15 is 0 Å². The zero-order valence-electron chi connectivity index (χ0n) is 16.1. The number of rotatable bonds is 3. The smallest absolute Gasteiger partial charge is 0.231 e. The van der Waals surface area contributed by atoms with Crippen molar-refractivity contribution >= 4 is 5.69 Å². The van der Waals surface area contributed by atoms with E-state index in [0.717, 1.165) is 68.9 Å². The lowest BCUT2D eigenvalue weighted by Crippen LogP contribution is -2.50. The average molecular weight is 381 g/mol. The van der Waals surface area contributed by atoms with Crippen molar-refractivity contribution in [2.45, 2.75) is 37.3 Å². The van der Waals surface area contributed by atoms with Gasteiger partial charge in [-0.1, -0.05) is 6.07 Å². The first-order valence-electron chi connectivity index (χ1n) is 10.2. The molecule has 0 aliphatic carbocycles. The first kappa shape index (κ1) is 17.8. The van der Waals surface area contributed by atoms with Gasteiger partial charge in [0, 0.05) is 61.9 Å². The Bertz CT molecular complexity index is 813. The van der Waals surface area contributed by atoms with Crippen LogP contribution in [0.3, 0.4) is 0 Å². The second kappa shape index (κ2) is 7.26. The molecule has 2 saturated heterocycles. The standard InChI is InChI=1S/C22H27N3O3/c26-22(17-2-1-9-23-15-17)7-12-25(13-8-22)18-5-10-24(11-6-18)19-3-4-20-21(14-19)28-16-27-20/h1-4,9,14-15,18,26H,5-8,10-13,16H2. The summed E-state index contributed by atoms with van der Waals surface area (Å²) in [4.78, 5) is 9.19. The summed E-state index contributed by atoms with van der Waals surface area (Å²) < 4.78 is 10.9. The maximum Gasteiger partial charge on any atom is 0.231 e. The zero-order chi connectivity index (χ0) is 19.0. The monoisotopic (exact) mass is 381 g/mol. The molecule has 1 N–H and O–H groups in total. The Kier molecular flexibility index (Phi) is 4.61. The third-order valence-electron chi connectivity index (χ3n) is 6.53. The molecule has 148 valence electrons. The SMILES string of the molecule is OC1(c2cccnc2)CCN(C2CCN(c3ccc4c(c3)OCO4)CC2)CC1. The molecule has 0 radical (unpaired) electrons. The van der Waals surface area contributed by atoms with Crippen molar-refractivity contribution in [1.82, 2.24) is 9.88 Å². The number of likely N-dealkylation sites (tertiary alicyclic amines) is 1. The minimum atomic E-state index is -0.724. The van der Waals surface area contributed by atoms with Crippen molar-refractivity contribution in [3.8, 4) is 11.5 Å². The largest absolute Gasteiger partial charge is 0.454 e. The van der Waals surface area contributed by atoms with Gasteiger partial charge >= 0.3 is 0 Å². The van der Waals surface area contributed by atoms with Gasteiger partial charge in [0.05, 0.1) is 5.60 Å². The topological polar surface area (TPSA) is 58.1 Å². The van der Waals surface area contributed by atoms with Crippen LogP contribution in [0.1, 0.15) is 31.2 Å². The first-order chi connectivity index (χ1) is 13.7. The lowest BCUT2D eigenvalue weighted by Gasteiger charge is -2.44. The molecule has 28 heavy (non-hydrogen) atoms. The summed E-state index contributed by atoms with van der Waals surface area (Å²) in [6, 6.07) is 10.7. The third-order valence-corrected chi connectivity index (χ3v) is 6.53. The molecule has 1 aromatic carbocycles. The number of benzene rings is 1. The summed E-state index contributed by atoms with van der Waals surface area (Å²) in [6.07, 6.45) is 7.43. The van der Waals surface area contributed by atoms with E-state index in [4.69, 9.17) is 9.47 Å². The molecule has 0 atom stereocenters. The number of pyridine rings is 1. The molecule has 6 nitrogen and oxygen atoms in total. The Morgan fingerprint density at radius 1 is 1.00 bits per heavy atom. The molecule has 3 aliphatic heterocycles. The molecule has 4 heterocycles. The van der Waals surface area contributed by atoms with Crippen LogP contribution in [-0.2, 0) is 5.60 Å². The fraction of sp³-hybridized carbons (Fsp3) is 0.500. The highest BCUT2D eigenvalue weighted by Gasteiger charge is 2.37. The van der Waals surface area contributed by atoms with E-state index in [9.17, 15) is 5.11 Å². The minimum Gasteiger partial charge on any atom is -0.454 e. The van der Waals surface area contributed by atoms with Crippen LogP contribution in [0, 0.1) is 0 Å². The highest BCUT2D eigenvalue weighted by Crippen LogP contribution is 2.37. The predicted octanol–water partition coefficient (Wildman–Crippen LogP) is 2.76. The second-order valence-corrected chi connectivity index (χ2v) is 8.07. The Morgan fingerprint density at radius 2 is 1.79 bits per heavy atom. The summed E-state index contributed by atoms with van der Waals surface area (Å²) >= 11 is 0. The van der Waals surface area contributed by atoms with Crippen LogP contribution >= 0.6 is 0 Å². The van der Waals surface area contributed by atoms with Gasteiger partial charge in [0.15, 0.2) is 11.5 Å². The van der Waals surface area contributed by atoms with Crippen molar-refractivity contribution < 1.29 is 14.6 Å². The molecule has 2 fully saturated rings. The van der Waals surface area contributed by atoms with Gasteiger partial charge in [-0.3, -0.25) is 4.98 Å². The number of ether oxygens (including phenoxy) is 2. The van der Waals surface area contributed by atoms with E-state index < -0.39 is 5.60 Å². The summed E-state index contributed by atoms with van der Waals surface area (Å²) in [5, 5.41) is 11.0. The van der Waals surface area contributed by atoms with E-state index in [0.29, 0.717) is 12.8 Å². The lowest BCUT2D eigenvalue weighted by molar-refractivity contribution is -0.0381. The van der Waals surface area contributed by atoms with Crippen LogP contribution in [0.2, 0.25) is 0 Å². The maximum atomic E-state index is 11.0. The molecule has 0 unspecified atom stereocenters. The van der Waals surface area contributed by atoms with Crippen LogP contribution in [0.5, 0.6) is 11.5 Å². The molecule has 0 saturated carbocycles. The fourth-order valence-electron chi connectivity index (χ4n) is 4.76. The Morgan fingerprint density at radius 3 is 2.54 bits per heavy atom. The van der Waals surface area contributed by atoms with Crippen molar-refractivity contribution in [3.63, 3.8) is 0 Å². The van der Waals surface area contributed by atoms with E-state index in [1.807, 2.05) is 18.2 Å². The van der Waals surface area contributed by atoms with Gasteiger partial charge in [-0.2, -0.15) is 0 Å². The highest BCUT2D eigenvalue weighted by molar-refractivity contribution is 5.57. The lowest BCUT2D eigenvalue weighted by atomic mass is 9.84. The number of nitrogens with zero attached hydrogens (tertiary/aromatic N) is 3. The Balaban J connectivity index is 1.17. The third kappa shape index (κ3) is 3.31. The van der Waals surface area contributed by atoms with E-state index in [2.05, 4.69) is 26.9 Å². The molecular weight excluding hydrogens is 354 g/mol. The molecule has 0 spiro atoms. The summed E-state index contributed by atoms with van der Waals surface area (Å²) in [7, 11) is 0. The minimum absolute atomic E-state index is 0.321. The van der Waals surface area contributed by atoms with E-state index in [-0.39, 0.29) is 0 Å². The molecule has 5 rings (SSSR count). The van der Waals surface area contributed by atoms with Crippen molar-refractivity contribution in [3.05, 3.63) is 48.3 Å². The quantitative estimate of drug-likeness (QED) is 0.882. The summed E-state index contributed by atoms with van der Waals surface area (Å²) in [6.45, 7) is 4.31. The summed E-state index contributed by atoms with van der Waals surface area (Å²) in [5.41, 5.74) is 1.44. The maximum absolute atomic E-state index is 11.0. The highest BCUT2D eigenvalue weighted by atomic mass is 16.7. The second-order valence-electron chi connectivity index (χ2n) is 8.07. The number of hydrogen-bond acceptors (Lipinski definition) is 6. The van der Waals surface area contributed by atoms with Gasteiger partial charge < -0.3 is 24.4 Å². The van der Waals surface area contributed by atoms with Gasteiger partial charge in [-0.15, -0.1) is 0 Å². The average Bonchev–Trinajstić information content (AvgIpc) is 3.23. The summed E-state index contributed by atoms with van der Waals surface area (Å²) in [5.74, 6) is 1.69. The van der Waals surface area contributed by atoms with Crippen molar-refractivity contribution in [2.24, 2.45) is 0 Å². The Hall–Kier alpha value is -2.31. The molecule has 2 aromatic rings. The number of piperidine rings is 2. The molecule has 3 aliphatic rings. The Labute approximate surface area is 165 Å². The van der Waals surface area contributed by atoms with Gasteiger partial charge in [0.1, 0.15) is 0 Å². The van der Waals surface area contributed by atoms with Crippen molar-refractivity contribution in [1.29, 1.82) is 0 Å². The van der Waals surface area contributed by atoms with E-state index in [1.165, 1.54) is 5.69 Å². The number of aliphatic hydroxyl groups is 1. The van der Waals surface area contributed by atoms with Gasteiger partial charge in [0.2, 0.25) is 6.79 Å². The zero-order valence-corrected chi connectivity index (χ0v) is 16.1. The number of aromatic nitrogens is 1. The molecule has 0 bridgehead atoms. The predicted molar refractivity (Wildman–Crippen MR) is 107 cm³/mol. The van der Waals surface area contributed by atoms with Gasteiger partial charge in [-0.25, -0.2) is 0 Å². The van der Waals surface area contributed by atoms with Crippen LogP contribution in [-0.4, -0.2) is 54.0 Å². The molecule has 6 heteroatoms. The fourth-order valence-corrected chi connectivity index (χ4v) is 4.76.